The van der Waals surface area contributed by atoms with Crippen molar-refractivity contribution in [3.8, 4) is 22.6 Å². The SMILES string of the molecule is C=C(/C=C/C)CSc1nc(-c2ccc(C)cc2)c(-c2ccc(C)cc2)o1. The third kappa shape index (κ3) is 4.36. The van der Waals surface area contributed by atoms with Crippen LogP contribution >= 0.6 is 11.8 Å². The lowest BCUT2D eigenvalue weighted by atomic mass is 10.0. The van der Waals surface area contributed by atoms with Crippen LogP contribution in [0.5, 0.6) is 0 Å². The van der Waals surface area contributed by atoms with Gasteiger partial charge in [0, 0.05) is 16.9 Å². The zero-order valence-electron chi connectivity index (χ0n) is 15.5. The van der Waals surface area contributed by atoms with Crippen molar-refractivity contribution in [3.63, 3.8) is 0 Å². The van der Waals surface area contributed by atoms with Crippen molar-refractivity contribution in [1.29, 1.82) is 0 Å². The van der Waals surface area contributed by atoms with Gasteiger partial charge in [-0.3, -0.25) is 0 Å². The third-order valence-electron chi connectivity index (χ3n) is 4.03. The number of aromatic nitrogens is 1. The lowest BCUT2D eigenvalue weighted by molar-refractivity contribution is 0.466. The molecule has 0 unspecified atom stereocenters. The summed E-state index contributed by atoms with van der Waals surface area (Å²) in [6, 6.07) is 16.7. The van der Waals surface area contributed by atoms with Crippen LogP contribution in [0.1, 0.15) is 18.1 Å². The van der Waals surface area contributed by atoms with Crippen molar-refractivity contribution >= 4 is 11.8 Å². The predicted molar refractivity (Wildman–Crippen MR) is 112 cm³/mol. The molecule has 0 bridgehead atoms. The Bertz CT molecular complexity index is 855. The van der Waals surface area contributed by atoms with Crippen molar-refractivity contribution in [3.05, 3.63) is 84.0 Å². The molecule has 132 valence electrons. The lowest BCUT2D eigenvalue weighted by Crippen LogP contribution is -1.84. The fourth-order valence-electron chi connectivity index (χ4n) is 2.61. The van der Waals surface area contributed by atoms with Crippen LogP contribution in [0.3, 0.4) is 0 Å². The highest BCUT2D eigenvalue weighted by atomic mass is 32.2. The van der Waals surface area contributed by atoms with Crippen LogP contribution in [-0.2, 0) is 0 Å². The van der Waals surface area contributed by atoms with Gasteiger partial charge in [0.1, 0.15) is 5.69 Å². The van der Waals surface area contributed by atoms with Gasteiger partial charge >= 0.3 is 0 Å². The summed E-state index contributed by atoms with van der Waals surface area (Å²) >= 11 is 1.57. The Morgan fingerprint density at radius 1 is 1.00 bits per heavy atom. The summed E-state index contributed by atoms with van der Waals surface area (Å²) in [6.07, 6.45) is 4.01. The van der Waals surface area contributed by atoms with Crippen LogP contribution in [0.15, 0.2) is 82.5 Å². The molecule has 0 aliphatic rings. The van der Waals surface area contributed by atoms with E-state index >= 15 is 0 Å². The molecular formula is C23H23NOS. The molecule has 3 heteroatoms. The molecule has 0 aliphatic carbocycles. The second-order valence-electron chi connectivity index (χ2n) is 6.34. The molecule has 0 spiro atoms. The number of nitrogens with zero attached hydrogens (tertiary/aromatic N) is 1. The average molecular weight is 362 g/mol. The molecule has 0 fully saturated rings. The van der Waals surface area contributed by atoms with Crippen molar-refractivity contribution in [2.45, 2.75) is 26.0 Å². The van der Waals surface area contributed by atoms with Gasteiger partial charge in [0.25, 0.3) is 5.22 Å². The first kappa shape index (κ1) is 18.3. The lowest BCUT2D eigenvalue weighted by Gasteiger charge is -2.02. The highest BCUT2D eigenvalue weighted by Gasteiger charge is 2.17. The molecule has 0 N–H and O–H groups in total. The predicted octanol–water partition coefficient (Wildman–Crippen LogP) is 6.85. The fourth-order valence-corrected chi connectivity index (χ4v) is 3.31. The molecule has 0 amide bonds. The number of aryl methyl sites for hydroxylation is 2. The number of allylic oxidation sites excluding steroid dienone is 2. The van der Waals surface area contributed by atoms with Gasteiger partial charge in [-0.05, 0) is 26.3 Å². The molecular weight excluding hydrogens is 338 g/mol. The van der Waals surface area contributed by atoms with Gasteiger partial charge in [-0.15, -0.1) is 0 Å². The Morgan fingerprint density at radius 2 is 1.58 bits per heavy atom. The molecule has 3 rings (SSSR count). The summed E-state index contributed by atoms with van der Waals surface area (Å²) in [6.45, 7) is 10.2. The van der Waals surface area contributed by atoms with E-state index in [0.717, 1.165) is 33.9 Å². The highest BCUT2D eigenvalue weighted by molar-refractivity contribution is 7.99. The van der Waals surface area contributed by atoms with E-state index in [1.54, 1.807) is 11.8 Å². The number of benzene rings is 2. The first-order chi connectivity index (χ1) is 12.6. The Balaban J connectivity index is 1.98. The summed E-state index contributed by atoms with van der Waals surface area (Å²) < 4.78 is 6.14. The molecule has 1 aromatic heterocycles. The third-order valence-corrected chi connectivity index (χ3v) is 4.97. The zero-order chi connectivity index (χ0) is 18.5. The summed E-state index contributed by atoms with van der Waals surface area (Å²) in [4.78, 5) is 4.77. The van der Waals surface area contributed by atoms with Gasteiger partial charge in [0.05, 0.1) is 0 Å². The molecule has 2 aromatic carbocycles. The van der Waals surface area contributed by atoms with E-state index < -0.39 is 0 Å². The number of hydrogen-bond acceptors (Lipinski definition) is 3. The van der Waals surface area contributed by atoms with Crippen molar-refractivity contribution in [1.82, 2.24) is 4.98 Å². The molecule has 3 aromatic rings. The Kier molecular flexibility index (Phi) is 5.79. The van der Waals surface area contributed by atoms with Crippen LogP contribution in [0.2, 0.25) is 0 Å². The maximum Gasteiger partial charge on any atom is 0.257 e. The highest BCUT2D eigenvalue weighted by Crippen LogP contribution is 2.36. The van der Waals surface area contributed by atoms with Crippen LogP contribution < -0.4 is 0 Å². The normalized spacial score (nSPS) is 11.2. The molecule has 1 heterocycles. The van der Waals surface area contributed by atoms with Crippen molar-refractivity contribution in [2.24, 2.45) is 0 Å². The monoisotopic (exact) mass is 361 g/mol. The molecule has 2 nitrogen and oxygen atoms in total. The van der Waals surface area contributed by atoms with E-state index in [0.29, 0.717) is 5.22 Å². The van der Waals surface area contributed by atoms with Gasteiger partial charge in [0.2, 0.25) is 0 Å². The smallest absolute Gasteiger partial charge is 0.257 e. The number of oxazole rings is 1. The maximum atomic E-state index is 6.14. The molecule has 0 aliphatic heterocycles. The first-order valence-electron chi connectivity index (χ1n) is 8.65. The molecule has 26 heavy (non-hydrogen) atoms. The van der Waals surface area contributed by atoms with Crippen LogP contribution in [0.25, 0.3) is 22.6 Å². The largest absolute Gasteiger partial charge is 0.431 e. The first-order valence-corrected chi connectivity index (χ1v) is 9.63. The van der Waals surface area contributed by atoms with Crippen LogP contribution in [0.4, 0.5) is 0 Å². The van der Waals surface area contributed by atoms with Gasteiger partial charge in [-0.1, -0.05) is 90.2 Å². The number of hydrogen-bond donors (Lipinski definition) is 0. The molecule has 0 atom stereocenters. The Labute approximate surface area is 159 Å². The minimum atomic E-state index is 0.668. The quantitative estimate of drug-likeness (QED) is 0.355. The summed E-state index contributed by atoms with van der Waals surface area (Å²) in [7, 11) is 0. The van der Waals surface area contributed by atoms with Crippen molar-refractivity contribution in [2.75, 3.05) is 5.75 Å². The summed E-state index contributed by atoms with van der Waals surface area (Å²) in [5.41, 5.74) is 6.48. The van der Waals surface area contributed by atoms with Crippen LogP contribution in [0, 0.1) is 13.8 Å². The number of rotatable bonds is 6. The van der Waals surface area contributed by atoms with E-state index in [-0.39, 0.29) is 0 Å². The topological polar surface area (TPSA) is 26.0 Å². The van der Waals surface area contributed by atoms with Gasteiger partial charge in [-0.2, -0.15) is 0 Å². The maximum absolute atomic E-state index is 6.14. The van der Waals surface area contributed by atoms with Gasteiger partial charge in [0.15, 0.2) is 5.76 Å². The van der Waals surface area contributed by atoms with E-state index in [1.807, 2.05) is 19.1 Å². The Morgan fingerprint density at radius 3 is 2.15 bits per heavy atom. The van der Waals surface area contributed by atoms with E-state index in [9.17, 15) is 0 Å². The van der Waals surface area contributed by atoms with Crippen molar-refractivity contribution < 1.29 is 4.42 Å². The Hall–Kier alpha value is -2.52. The van der Waals surface area contributed by atoms with E-state index in [1.165, 1.54) is 11.1 Å². The molecule has 0 saturated carbocycles. The van der Waals surface area contributed by atoms with Gasteiger partial charge < -0.3 is 4.42 Å². The molecule has 0 saturated heterocycles. The van der Waals surface area contributed by atoms with E-state index in [2.05, 4.69) is 69.0 Å². The zero-order valence-corrected chi connectivity index (χ0v) is 16.3. The fraction of sp³-hybridized carbons (Fsp3) is 0.174. The summed E-state index contributed by atoms with van der Waals surface area (Å²) in [5, 5.41) is 0.668. The minimum absolute atomic E-state index is 0.668. The molecule has 0 radical (unpaired) electrons. The standard InChI is InChI=1S/C23H23NOS/c1-5-6-18(4)15-26-23-24-21(19-11-7-16(2)8-12-19)22(25-23)20-13-9-17(3)10-14-20/h5-14H,4,15H2,1-3H3/b6-5+. The second kappa shape index (κ2) is 8.24. The summed E-state index contributed by atoms with van der Waals surface area (Å²) in [5.74, 6) is 1.57. The average Bonchev–Trinajstić information content (AvgIpc) is 3.06. The van der Waals surface area contributed by atoms with E-state index in [4.69, 9.17) is 9.40 Å². The minimum Gasteiger partial charge on any atom is -0.431 e. The number of thioether (sulfide) groups is 1. The second-order valence-corrected chi connectivity index (χ2v) is 7.26. The van der Waals surface area contributed by atoms with Gasteiger partial charge in [-0.25, -0.2) is 4.98 Å². The van der Waals surface area contributed by atoms with Crippen LogP contribution in [-0.4, -0.2) is 10.7 Å².